The van der Waals surface area contributed by atoms with Crippen LogP contribution in [-0.2, 0) is 11.2 Å². The average molecular weight is 475 g/mol. The number of allylic oxidation sites excluding steroid dienone is 5. The highest BCUT2D eigenvalue weighted by molar-refractivity contribution is 5.84. The molecule has 1 aliphatic rings. The number of ether oxygens (including phenoxy) is 1. The van der Waals surface area contributed by atoms with Crippen LogP contribution < -0.4 is 9.80 Å². The van der Waals surface area contributed by atoms with E-state index in [1.54, 1.807) is 12.4 Å². The quantitative estimate of drug-likeness (QED) is 0.441. The van der Waals surface area contributed by atoms with E-state index in [2.05, 4.69) is 55.9 Å². The fraction of sp³-hybridized carbons (Fsp3) is 0.333. The van der Waals surface area contributed by atoms with Gasteiger partial charge in [-0.1, -0.05) is 25.7 Å². The third-order valence-electron chi connectivity index (χ3n) is 6.14. The van der Waals surface area contributed by atoms with E-state index in [1.807, 2.05) is 38.1 Å². The second kappa shape index (κ2) is 11.2. The molecule has 1 atom stereocenters. The molecule has 3 aromatic rings. The Morgan fingerprint density at radius 1 is 1.14 bits per heavy atom. The number of hydrogen-bond donors (Lipinski definition) is 0. The third kappa shape index (κ3) is 6.08. The highest BCUT2D eigenvalue weighted by Gasteiger charge is 2.15. The van der Waals surface area contributed by atoms with E-state index < -0.39 is 5.83 Å². The van der Waals surface area contributed by atoms with Gasteiger partial charge < -0.3 is 14.5 Å². The van der Waals surface area contributed by atoms with Crippen LogP contribution in [0, 0.1) is 0 Å². The SMILES string of the molecule is C=C(F)/C=C\C(=C/Cc1ncnc2cc(N3CCOCC3)ccc12)C(C)c1ccc(N(C)C)nn1. The van der Waals surface area contributed by atoms with Crippen LogP contribution in [0.4, 0.5) is 15.9 Å². The number of benzene rings is 1. The molecule has 4 rings (SSSR count). The smallest absolute Gasteiger partial charge is 0.150 e. The Hall–Kier alpha value is -3.65. The van der Waals surface area contributed by atoms with Gasteiger partial charge in [0, 0.05) is 50.6 Å². The van der Waals surface area contributed by atoms with Gasteiger partial charge in [0.1, 0.15) is 12.2 Å². The Labute approximate surface area is 205 Å². The zero-order valence-corrected chi connectivity index (χ0v) is 20.5. The third-order valence-corrected chi connectivity index (χ3v) is 6.14. The average Bonchev–Trinajstić information content (AvgIpc) is 2.88. The summed E-state index contributed by atoms with van der Waals surface area (Å²) < 4.78 is 18.9. The van der Waals surface area contributed by atoms with Crippen LogP contribution in [0.15, 0.2) is 72.9 Å². The topological polar surface area (TPSA) is 67.3 Å². The van der Waals surface area contributed by atoms with Crippen molar-refractivity contribution in [3.8, 4) is 0 Å². The molecule has 0 saturated carbocycles. The van der Waals surface area contributed by atoms with Crippen molar-refractivity contribution in [2.45, 2.75) is 19.3 Å². The molecule has 1 aliphatic heterocycles. The summed E-state index contributed by atoms with van der Waals surface area (Å²) in [5, 5.41) is 9.67. The van der Waals surface area contributed by atoms with Crippen molar-refractivity contribution in [2.75, 3.05) is 50.2 Å². The van der Waals surface area contributed by atoms with Gasteiger partial charge in [-0.15, -0.1) is 5.10 Å². The van der Waals surface area contributed by atoms with E-state index in [9.17, 15) is 4.39 Å². The lowest BCUT2D eigenvalue weighted by molar-refractivity contribution is 0.122. The number of halogens is 1. The number of hydrogen-bond acceptors (Lipinski definition) is 7. The van der Waals surface area contributed by atoms with Crippen LogP contribution in [-0.4, -0.2) is 60.6 Å². The minimum Gasteiger partial charge on any atom is -0.378 e. The fourth-order valence-electron chi connectivity index (χ4n) is 4.05. The minimum absolute atomic E-state index is 0.0877. The van der Waals surface area contributed by atoms with Crippen molar-refractivity contribution in [3.05, 3.63) is 84.3 Å². The van der Waals surface area contributed by atoms with Gasteiger partial charge in [-0.25, -0.2) is 14.4 Å². The maximum atomic E-state index is 13.5. The standard InChI is InChI=1S/C27H31FN6O/c1-19(28)5-6-21(20(2)24-11-12-27(32-31-24)33(3)4)7-10-25-23-9-8-22(17-26(23)30-18-29-25)34-13-15-35-16-14-34/h5-9,11-12,17-18,20H,1,10,13-16H2,2-4H3/b6-5-,21-7+. The Bertz CT molecular complexity index is 1230. The van der Waals surface area contributed by atoms with E-state index in [1.165, 1.54) is 6.08 Å². The molecule has 0 aliphatic carbocycles. The molecular formula is C27H31FN6O. The molecule has 1 saturated heterocycles. The lowest BCUT2D eigenvalue weighted by atomic mass is 9.95. The number of morpholine rings is 1. The predicted molar refractivity (Wildman–Crippen MR) is 139 cm³/mol. The van der Waals surface area contributed by atoms with Crippen molar-refractivity contribution in [1.82, 2.24) is 20.2 Å². The molecule has 7 nitrogen and oxygen atoms in total. The molecule has 1 unspecified atom stereocenters. The lowest BCUT2D eigenvalue weighted by Crippen LogP contribution is -2.36. The first-order chi connectivity index (χ1) is 16.9. The molecule has 35 heavy (non-hydrogen) atoms. The summed E-state index contributed by atoms with van der Waals surface area (Å²) in [6.45, 7) is 8.60. The zero-order chi connectivity index (χ0) is 24.8. The minimum atomic E-state index is -0.500. The summed E-state index contributed by atoms with van der Waals surface area (Å²) in [5.41, 5.74) is 4.67. The summed E-state index contributed by atoms with van der Waals surface area (Å²) >= 11 is 0. The van der Waals surface area contributed by atoms with Crippen LogP contribution in [0.1, 0.15) is 24.2 Å². The van der Waals surface area contributed by atoms with E-state index >= 15 is 0 Å². The Morgan fingerprint density at radius 3 is 2.63 bits per heavy atom. The number of aromatic nitrogens is 4. The van der Waals surface area contributed by atoms with Crippen molar-refractivity contribution in [2.24, 2.45) is 0 Å². The second-order valence-electron chi connectivity index (χ2n) is 8.74. The van der Waals surface area contributed by atoms with Crippen LogP contribution in [0.25, 0.3) is 10.9 Å². The molecule has 0 N–H and O–H groups in total. The van der Waals surface area contributed by atoms with Gasteiger partial charge in [0.15, 0.2) is 5.82 Å². The van der Waals surface area contributed by atoms with E-state index in [-0.39, 0.29) is 5.92 Å². The van der Waals surface area contributed by atoms with E-state index in [0.29, 0.717) is 6.42 Å². The highest BCUT2D eigenvalue weighted by atomic mass is 19.1. The number of anilines is 2. The summed E-state index contributed by atoms with van der Waals surface area (Å²) in [6.07, 6.45) is 7.35. The summed E-state index contributed by atoms with van der Waals surface area (Å²) in [5.74, 6) is 0.193. The maximum Gasteiger partial charge on any atom is 0.150 e. The van der Waals surface area contributed by atoms with Gasteiger partial charge in [0.25, 0.3) is 0 Å². The molecule has 0 amide bonds. The molecule has 182 valence electrons. The first kappa shape index (κ1) is 24.5. The predicted octanol–water partition coefficient (Wildman–Crippen LogP) is 4.63. The van der Waals surface area contributed by atoms with Crippen molar-refractivity contribution >= 4 is 22.4 Å². The Balaban J connectivity index is 1.61. The summed E-state index contributed by atoms with van der Waals surface area (Å²) in [7, 11) is 3.84. The number of rotatable bonds is 8. The van der Waals surface area contributed by atoms with Crippen LogP contribution in [0.5, 0.6) is 0 Å². The van der Waals surface area contributed by atoms with Gasteiger partial charge in [-0.2, -0.15) is 5.10 Å². The van der Waals surface area contributed by atoms with Crippen molar-refractivity contribution in [1.29, 1.82) is 0 Å². The molecule has 2 aromatic heterocycles. The Morgan fingerprint density at radius 2 is 1.94 bits per heavy atom. The molecule has 0 bridgehead atoms. The van der Waals surface area contributed by atoms with Gasteiger partial charge in [-0.05, 0) is 42.0 Å². The summed E-state index contributed by atoms with van der Waals surface area (Å²) in [6, 6.07) is 10.2. The van der Waals surface area contributed by atoms with E-state index in [0.717, 1.165) is 65.7 Å². The largest absolute Gasteiger partial charge is 0.378 e. The molecule has 1 aromatic carbocycles. The first-order valence-electron chi connectivity index (χ1n) is 11.7. The van der Waals surface area contributed by atoms with Gasteiger partial charge >= 0.3 is 0 Å². The monoisotopic (exact) mass is 474 g/mol. The second-order valence-corrected chi connectivity index (χ2v) is 8.74. The Kier molecular flexibility index (Phi) is 7.82. The molecule has 8 heteroatoms. The fourth-order valence-corrected chi connectivity index (χ4v) is 4.05. The highest BCUT2D eigenvalue weighted by Crippen LogP contribution is 2.27. The first-order valence-corrected chi connectivity index (χ1v) is 11.7. The van der Waals surface area contributed by atoms with Crippen molar-refractivity contribution < 1.29 is 9.13 Å². The molecule has 1 fully saturated rings. The zero-order valence-electron chi connectivity index (χ0n) is 20.5. The normalized spacial score (nSPS) is 15.5. The summed E-state index contributed by atoms with van der Waals surface area (Å²) in [4.78, 5) is 13.2. The van der Waals surface area contributed by atoms with Gasteiger partial charge in [0.2, 0.25) is 0 Å². The molecule has 3 heterocycles. The van der Waals surface area contributed by atoms with Crippen LogP contribution >= 0.6 is 0 Å². The van der Waals surface area contributed by atoms with Gasteiger partial charge in [-0.3, -0.25) is 0 Å². The number of fused-ring (bicyclic) bond motifs is 1. The van der Waals surface area contributed by atoms with Crippen LogP contribution in [0.3, 0.4) is 0 Å². The van der Waals surface area contributed by atoms with Crippen LogP contribution in [0.2, 0.25) is 0 Å². The van der Waals surface area contributed by atoms with E-state index in [4.69, 9.17) is 4.74 Å². The number of nitrogens with zero attached hydrogens (tertiary/aromatic N) is 6. The molecule has 0 spiro atoms. The maximum absolute atomic E-state index is 13.5. The van der Waals surface area contributed by atoms with Crippen molar-refractivity contribution in [3.63, 3.8) is 0 Å². The lowest BCUT2D eigenvalue weighted by Gasteiger charge is -2.29. The molecule has 0 radical (unpaired) electrons. The molecular weight excluding hydrogens is 443 g/mol. The van der Waals surface area contributed by atoms with Gasteiger partial charge in [0.05, 0.1) is 30.1 Å².